The fraction of sp³-hybridized carbons (Fsp3) is 0.600. The molecule has 0 atom stereocenters. The monoisotopic (exact) mass is 263 g/mol. The van der Waals surface area contributed by atoms with Crippen LogP contribution in [0.2, 0.25) is 0 Å². The first kappa shape index (κ1) is 14.2. The van der Waals surface area contributed by atoms with Gasteiger partial charge < -0.3 is 9.47 Å². The van der Waals surface area contributed by atoms with Crippen molar-refractivity contribution in [3.05, 3.63) is 28.6 Å². The standard InChI is InChI=1S/C15H21NO3/c1-15(2)7-5-6-12-11(15)8-10(9-17)13(16-12)14(18-3)19-4/h8-9,14H,5-7H2,1-4H3. The number of fused-ring (bicyclic) bond motifs is 1. The Morgan fingerprint density at radius 2 is 2.05 bits per heavy atom. The van der Waals surface area contributed by atoms with Gasteiger partial charge in [0, 0.05) is 25.5 Å². The molecule has 1 aliphatic carbocycles. The van der Waals surface area contributed by atoms with E-state index in [1.807, 2.05) is 6.07 Å². The lowest BCUT2D eigenvalue weighted by atomic mass is 9.74. The van der Waals surface area contributed by atoms with Crippen molar-refractivity contribution in [2.24, 2.45) is 0 Å². The van der Waals surface area contributed by atoms with Crippen LogP contribution < -0.4 is 0 Å². The largest absolute Gasteiger partial charge is 0.350 e. The van der Waals surface area contributed by atoms with Crippen molar-refractivity contribution in [1.82, 2.24) is 4.98 Å². The Morgan fingerprint density at radius 1 is 1.37 bits per heavy atom. The Labute approximate surface area is 114 Å². The van der Waals surface area contributed by atoms with Crippen molar-refractivity contribution in [3.8, 4) is 0 Å². The first-order valence-electron chi connectivity index (χ1n) is 6.58. The molecule has 1 aromatic rings. The van der Waals surface area contributed by atoms with Gasteiger partial charge in [-0.05, 0) is 36.3 Å². The molecule has 0 fully saturated rings. The minimum atomic E-state index is -0.587. The smallest absolute Gasteiger partial charge is 0.201 e. The molecular formula is C15H21NO3. The molecule has 0 radical (unpaired) electrons. The van der Waals surface area contributed by atoms with E-state index in [2.05, 4.69) is 18.8 Å². The van der Waals surface area contributed by atoms with Gasteiger partial charge in [0.25, 0.3) is 0 Å². The van der Waals surface area contributed by atoms with Crippen LogP contribution in [0.5, 0.6) is 0 Å². The van der Waals surface area contributed by atoms with Crippen LogP contribution in [0.4, 0.5) is 0 Å². The van der Waals surface area contributed by atoms with Gasteiger partial charge in [-0.3, -0.25) is 9.78 Å². The maximum absolute atomic E-state index is 11.3. The topological polar surface area (TPSA) is 48.4 Å². The van der Waals surface area contributed by atoms with E-state index in [0.717, 1.165) is 31.2 Å². The zero-order valence-electron chi connectivity index (χ0n) is 12.0. The Kier molecular flexibility index (Phi) is 4.02. The number of aldehydes is 1. The maximum atomic E-state index is 11.3. The highest BCUT2D eigenvalue weighted by atomic mass is 16.7. The minimum Gasteiger partial charge on any atom is -0.350 e. The van der Waals surface area contributed by atoms with Gasteiger partial charge in [0.1, 0.15) is 5.69 Å². The third-order valence-corrected chi connectivity index (χ3v) is 3.88. The van der Waals surface area contributed by atoms with Gasteiger partial charge in [0.2, 0.25) is 6.29 Å². The second kappa shape index (κ2) is 5.39. The number of pyridine rings is 1. The van der Waals surface area contributed by atoms with Crippen molar-refractivity contribution < 1.29 is 14.3 Å². The molecule has 1 aromatic heterocycles. The van der Waals surface area contributed by atoms with E-state index in [1.54, 1.807) is 14.2 Å². The molecular weight excluding hydrogens is 242 g/mol. The van der Waals surface area contributed by atoms with E-state index in [1.165, 1.54) is 5.56 Å². The van der Waals surface area contributed by atoms with E-state index in [0.29, 0.717) is 11.3 Å². The summed E-state index contributed by atoms with van der Waals surface area (Å²) in [6, 6.07) is 1.95. The highest BCUT2D eigenvalue weighted by Gasteiger charge is 2.30. The van der Waals surface area contributed by atoms with Crippen LogP contribution in [-0.4, -0.2) is 25.5 Å². The number of hydrogen-bond donors (Lipinski definition) is 0. The van der Waals surface area contributed by atoms with Crippen molar-refractivity contribution in [1.29, 1.82) is 0 Å². The zero-order valence-corrected chi connectivity index (χ0v) is 12.0. The number of ether oxygens (including phenoxy) is 2. The van der Waals surface area contributed by atoms with Crippen molar-refractivity contribution in [3.63, 3.8) is 0 Å². The molecule has 0 aliphatic heterocycles. The minimum absolute atomic E-state index is 0.0759. The zero-order chi connectivity index (χ0) is 14.0. The highest BCUT2D eigenvalue weighted by molar-refractivity contribution is 5.77. The second-order valence-corrected chi connectivity index (χ2v) is 5.62. The number of carbonyl (C=O) groups excluding carboxylic acids is 1. The lowest BCUT2D eigenvalue weighted by Gasteiger charge is -2.32. The summed E-state index contributed by atoms with van der Waals surface area (Å²) >= 11 is 0. The predicted molar refractivity (Wildman–Crippen MR) is 72.3 cm³/mol. The first-order chi connectivity index (χ1) is 9.03. The molecule has 0 N–H and O–H groups in total. The molecule has 104 valence electrons. The van der Waals surface area contributed by atoms with E-state index in [9.17, 15) is 4.79 Å². The van der Waals surface area contributed by atoms with Gasteiger partial charge >= 0.3 is 0 Å². The van der Waals surface area contributed by atoms with Crippen LogP contribution >= 0.6 is 0 Å². The molecule has 0 bridgehead atoms. The maximum Gasteiger partial charge on any atom is 0.201 e. The molecule has 2 rings (SSSR count). The number of carbonyl (C=O) groups is 1. The SMILES string of the molecule is COC(OC)c1nc2c(cc1C=O)C(C)(C)CCC2. The molecule has 1 aliphatic rings. The van der Waals surface area contributed by atoms with E-state index in [4.69, 9.17) is 9.47 Å². The lowest BCUT2D eigenvalue weighted by Crippen LogP contribution is -2.26. The fourth-order valence-electron chi connectivity index (χ4n) is 2.79. The summed E-state index contributed by atoms with van der Waals surface area (Å²) in [6.45, 7) is 4.40. The molecule has 4 nitrogen and oxygen atoms in total. The summed E-state index contributed by atoms with van der Waals surface area (Å²) in [6.07, 6.45) is 3.44. The molecule has 0 unspecified atom stereocenters. The van der Waals surface area contributed by atoms with Crippen LogP contribution in [0.25, 0.3) is 0 Å². The molecule has 4 heteroatoms. The van der Waals surface area contributed by atoms with E-state index < -0.39 is 6.29 Å². The molecule has 0 aromatic carbocycles. The Balaban J connectivity index is 2.56. The average Bonchev–Trinajstić information content (AvgIpc) is 2.39. The number of aromatic nitrogens is 1. The summed E-state index contributed by atoms with van der Waals surface area (Å²) < 4.78 is 10.5. The summed E-state index contributed by atoms with van der Waals surface area (Å²) in [5, 5.41) is 0. The fourth-order valence-corrected chi connectivity index (χ4v) is 2.79. The van der Waals surface area contributed by atoms with Crippen molar-refractivity contribution in [2.75, 3.05) is 14.2 Å². The van der Waals surface area contributed by atoms with Crippen LogP contribution in [0, 0.1) is 0 Å². The molecule has 1 heterocycles. The second-order valence-electron chi connectivity index (χ2n) is 5.62. The lowest BCUT2D eigenvalue weighted by molar-refractivity contribution is -0.109. The Bertz CT molecular complexity index is 479. The molecule has 0 saturated carbocycles. The van der Waals surface area contributed by atoms with Crippen LogP contribution in [-0.2, 0) is 21.3 Å². The summed E-state index contributed by atoms with van der Waals surface area (Å²) in [7, 11) is 3.10. The van der Waals surface area contributed by atoms with Gasteiger partial charge in [-0.1, -0.05) is 13.8 Å². The van der Waals surface area contributed by atoms with Crippen LogP contribution in [0.3, 0.4) is 0 Å². The van der Waals surface area contributed by atoms with Gasteiger partial charge in [0.05, 0.1) is 0 Å². The summed E-state index contributed by atoms with van der Waals surface area (Å²) in [4.78, 5) is 15.9. The third-order valence-electron chi connectivity index (χ3n) is 3.88. The van der Waals surface area contributed by atoms with Gasteiger partial charge in [0.15, 0.2) is 6.29 Å². The molecule has 19 heavy (non-hydrogen) atoms. The quantitative estimate of drug-likeness (QED) is 0.619. The normalized spacial score (nSPS) is 17.3. The van der Waals surface area contributed by atoms with Gasteiger partial charge in [-0.15, -0.1) is 0 Å². The molecule has 0 amide bonds. The number of nitrogens with zero attached hydrogens (tertiary/aromatic N) is 1. The van der Waals surface area contributed by atoms with Crippen molar-refractivity contribution >= 4 is 6.29 Å². The summed E-state index contributed by atoms with van der Waals surface area (Å²) in [5.74, 6) is 0. The summed E-state index contributed by atoms with van der Waals surface area (Å²) in [5.41, 5.74) is 3.46. The number of rotatable bonds is 4. The highest BCUT2D eigenvalue weighted by Crippen LogP contribution is 2.37. The van der Waals surface area contributed by atoms with Gasteiger partial charge in [-0.25, -0.2) is 0 Å². The van der Waals surface area contributed by atoms with Crippen LogP contribution in [0.15, 0.2) is 6.07 Å². The van der Waals surface area contributed by atoms with Crippen molar-refractivity contribution in [2.45, 2.75) is 44.8 Å². The van der Waals surface area contributed by atoms with E-state index in [-0.39, 0.29) is 5.41 Å². The number of aryl methyl sites for hydroxylation is 1. The number of methoxy groups -OCH3 is 2. The van der Waals surface area contributed by atoms with E-state index >= 15 is 0 Å². The Hall–Kier alpha value is -1.26. The first-order valence-corrected chi connectivity index (χ1v) is 6.58. The molecule has 0 spiro atoms. The Morgan fingerprint density at radius 3 is 2.63 bits per heavy atom. The average molecular weight is 263 g/mol. The van der Waals surface area contributed by atoms with Gasteiger partial charge in [-0.2, -0.15) is 0 Å². The third kappa shape index (κ3) is 2.55. The van der Waals surface area contributed by atoms with Crippen LogP contribution in [0.1, 0.15) is 60.3 Å². The number of hydrogen-bond acceptors (Lipinski definition) is 4. The predicted octanol–water partition coefficient (Wildman–Crippen LogP) is 2.80. The molecule has 0 saturated heterocycles.